The van der Waals surface area contributed by atoms with Crippen molar-refractivity contribution in [2.45, 2.75) is 0 Å². The minimum Gasteiger partial charge on any atom is -0.872 e. The predicted octanol–water partition coefficient (Wildman–Crippen LogP) is 6.90. The molecule has 2 nitrogen and oxygen atoms in total. The van der Waals surface area contributed by atoms with E-state index in [4.69, 9.17) is 4.98 Å². The molecule has 0 bridgehead atoms. The summed E-state index contributed by atoms with van der Waals surface area (Å²) in [5, 5.41) is 18.9. The number of hydrogen-bond donors (Lipinski definition) is 0. The number of thiophene rings is 2. The maximum Gasteiger partial charge on any atom is 1.00 e. The number of pyridine rings is 1. The SMILES string of the molecule is [Cs+].[O-]c1c(-c2cccc(-c3cccc4c3sc3ccccc34)n2)cccc1-c1cccc2c1sc1ccccc12. The van der Waals surface area contributed by atoms with Crippen LogP contribution in [0.4, 0.5) is 0 Å². The molecule has 0 saturated carbocycles. The van der Waals surface area contributed by atoms with Crippen LogP contribution in [-0.4, -0.2) is 4.98 Å². The van der Waals surface area contributed by atoms with Crippen LogP contribution in [0.2, 0.25) is 0 Å². The molecule has 8 rings (SSSR count). The standard InChI is InChI=1S/C35H21NOS2.Cs/c37-33-23(26-14-6-12-24-21-9-1-3-19-31(21)38-34(24)26)11-5-15-27(33)29-17-8-18-30(36-29)28-16-7-13-25-22-10-2-4-20-32(22)39-35(25)28;/h1-20,37H;/q;+1/p-1. The fourth-order valence-corrected chi connectivity index (χ4v) is 8.05. The van der Waals surface area contributed by atoms with E-state index in [1.807, 2.05) is 42.5 Å². The summed E-state index contributed by atoms with van der Waals surface area (Å²) in [6.07, 6.45) is 0. The van der Waals surface area contributed by atoms with E-state index in [0.29, 0.717) is 16.8 Å². The quantitative estimate of drug-likeness (QED) is 0.206. The van der Waals surface area contributed by atoms with E-state index in [1.54, 1.807) is 22.7 Å². The molecule has 0 aliphatic rings. The van der Waals surface area contributed by atoms with Gasteiger partial charge >= 0.3 is 68.9 Å². The van der Waals surface area contributed by atoms with E-state index in [0.717, 1.165) is 21.5 Å². The van der Waals surface area contributed by atoms with E-state index >= 15 is 0 Å². The van der Waals surface area contributed by atoms with Crippen LogP contribution in [0.1, 0.15) is 0 Å². The predicted molar refractivity (Wildman–Crippen MR) is 166 cm³/mol. The molecular weight excluding hydrogens is 647 g/mol. The number of aromatic nitrogens is 1. The van der Waals surface area contributed by atoms with Crippen LogP contribution >= 0.6 is 22.7 Å². The van der Waals surface area contributed by atoms with Crippen molar-refractivity contribution in [3.05, 3.63) is 121 Å². The van der Waals surface area contributed by atoms with E-state index in [1.165, 1.54) is 35.6 Å². The van der Waals surface area contributed by atoms with E-state index < -0.39 is 0 Å². The molecule has 0 atom stereocenters. The Morgan fingerprint density at radius 3 is 1.55 bits per heavy atom. The Labute approximate surface area is 298 Å². The summed E-state index contributed by atoms with van der Waals surface area (Å²) >= 11 is 3.53. The molecule has 0 amide bonds. The molecule has 40 heavy (non-hydrogen) atoms. The summed E-state index contributed by atoms with van der Waals surface area (Å²) in [5.41, 5.74) is 4.97. The van der Waals surface area contributed by atoms with Gasteiger partial charge in [0, 0.05) is 45.9 Å². The topological polar surface area (TPSA) is 36.0 Å². The number of benzene rings is 5. The first kappa shape index (κ1) is 26.4. The van der Waals surface area contributed by atoms with Gasteiger partial charge in [0.15, 0.2) is 0 Å². The first-order valence-electron chi connectivity index (χ1n) is 12.8. The van der Waals surface area contributed by atoms with Crippen molar-refractivity contribution in [2.24, 2.45) is 0 Å². The van der Waals surface area contributed by atoms with Crippen molar-refractivity contribution < 1.29 is 74.0 Å². The van der Waals surface area contributed by atoms with Gasteiger partial charge in [-0.05, 0) is 41.0 Å². The van der Waals surface area contributed by atoms with Crippen LogP contribution in [-0.2, 0) is 0 Å². The molecule has 0 radical (unpaired) electrons. The normalized spacial score (nSPS) is 11.4. The number of hydrogen-bond acceptors (Lipinski definition) is 4. The second-order valence-electron chi connectivity index (χ2n) is 9.65. The van der Waals surface area contributed by atoms with Crippen LogP contribution in [0, 0.1) is 0 Å². The molecule has 0 N–H and O–H groups in total. The molecule has 184 valence electrons. The largest absolute Gasteiger partial charge is 1.00 e. The fourth-order valence-electron chi connectivity index (χ4n) is 5.59. The zero-order chi connectivity index (χ0) is 25.9. The van der Waals surface area contributed by atoms with Gasteiger partial charge in [-0.25, -0.2) is 4.98 Å². The Bertz CT molecular complexity index is 2210. The molecular formula is C35H20CsNOS2. The van der Waals surface area contributed by atoms with E-state index in [9.17, 15) is 5.11 Å². The number of rotatable bonds is 3. The minimum atomic E-state index is 0. The van der Waals surface area contributed by atoms with Gasteiger partial charge in [-0.15, -0.1) is 22.7 Å². The molecule has 0 spiro atoms. The van der Waals surface area contributed by atoms with Crippen molar-refractivity contribution in [3.8, 4) is 39.4 Å². The van der Waals surface area contributed by atoms with Crippen LogP contribution in [0.5, 0.6) is 5.75 Å². The van der Waals surface area contributed by atoms with Crippen molar-refractivity contribution in [2.75, 3.05) is 0 Å². The molecule has 0 saturated heterocycles. The molecule has 0 aliphatic heterocycles. The molecule has 5 heteroatoms. The van der Waals surface area contributed by atoms with Crippen molar-refractivity contribution in [1.82, 2.24) is 4.98 Å². The second kappa shape index (κ2) is 10.7. The van der Waals surface area contributed by atoms with Crippen LogP contribution in [0.3, 0.4) is 0 Å². The van der Waals surface area contributed by atoms with Gasteiger partial charge in [0.2, 0.25) is 0 Å². The Morgan fingerprint density at radius 2 is 0.875 bits per heavy atom. The third-order valence-electron chi connectivity index (χ3n) is 7.41. The van der Waals surface area contributed by atoms with Gasteiger partial charge in [0.1, 0.15) is 0 Å². The van der Waals surface area contributed by atoms with E-state index in [-0.39, 0.29) is 74.6 Å². The average molecular weight is 668 g/mol. The van der Waals surface area contributed by atoms with Crippen LogP contribution < -0.4 is 74.0 Å². The van der Waals surface area contributed by atoms with Gasteiger partial charge in [0.25, 0.3) is 0 Å². The van der Waals surface area contributed by atoms with Crippen LogP contribution in [0.25, 0.3) is 74.0 Å². The smallest absolute Gasteiger partial charge is 0.872 e. The number of fused-ring (bicyclic) bond motifs is 6. The first-order chi connectivity index (χ1) is 19.3. The van der Waals surface area contributed by atoms with Crippen molar-refractivity contribution in [1.29, 1.82) is 0 Å². The zero-order valence-corrected chi connectivity index (χ0v) is 29.6. The first-order valence-corrected chi connectivity index (χ1v) is 14.5. The Kier molecular flexibility index (Phi) is 7.10. The van der Waals surface area contributed by atoms with Gasteiger partial charge in [-0.1, -0.05) is 103 Å². The molecule has 0 unspecified atom stereocenters. The van der Waals surface area contributed by atoms with Gasteiger partial charge in [-0.2, -0.15) is 0 Å². The summed E-state index contributed by atoms with van der Waals surface area (Å²) in [6.45, 7) is 0. The molecule has 0 aliphatic carbocycles. The van der Waals surface area contributed by atoms with E-state index in [2.05, 4.69) is 78.9 Å². The number of nitrogens with zero attached hydrogens (tertiary/aromatic N) is 1. The Morgan fingerprint density at radius 1 is 0.425 bits per heavy atom. The summed E-state index contributed by atoms with van der Waals surface area (Å²) in [7, 11) is 0. The average Bonchev–Trinajstić information content (AvgIpc) is 3.56. The zero-order valence-electron chi connectivity index (χ0n) is 21.7. The van der Waals surface area contributed by atoms with Crippen molar-refractivity contribution >= 4 is 63.0 Å². The monoisotopic (exact) mass is 667 g/mol. The molecule has 8 aromatic rings. The third-order valence-corrected chi connectivity index (χ3v) is 9.85. The maximum absolute atomic E-state index is 14.0. The van der Waals surface area contributed by atoms with Crippen LogP contribution in [0.15, 0.2) is 121 Å². The second-order valence-corrected chi connectivity index (χ2v) is 11.8. The maximum atomic E-state index is 14.0. The summed E-state index contributed by atoms with van der Waals surface area (Å²) < 4.78 is 4.86. The molecule has 3 aromatic heterocycles. The van der Waals surface area contributed by atoms with Gasteiger partial charge in [0.05, 0.1) is 11.4 Å². The number of para-hydroxylation sites is 1. The summed E-state index contributed by atoms with van der Waals surface area (Å²) in [4.78, 5) is 5.04. The van der Waals surface area contributed by atoms with Gasteiger partial charge < -0.3 is 5.11 Å². The minimum absolute atomic E-state index is 0. The molecule has 0 fully saturated rings. The molecule has 5 aromatic carbocycles. The van der Waals surface area contributed by atoms with Crippen molar-refractivity contribution in [3.63, 3.8) is 0 Å². The Hall–Kier alpha value is -2.46. The molecule has 3 heterocycles. The van der Waals surface area contributed by atoms with Gasteiger partial charge in [-0.3, -0.25) is 0 Å². The summed E-state index contributed by atoms with van der Waals surface area (Å²) in [5.74, 6) is 0.00665. The Balaban J connectivity index is 0.00000264. The fraction of sp³-hybridized carbons (Fsp3) is 0. The third kappa shape index (κ3) is 4.28. The summed E-state index contributed by atoms with van der Waals surface area (Å²) in [6, 6.07) is 41.4.